The molecule has 0 bridgehead atoms. The van der Waals surface area contributed by atoms with E-state index in [0.29, 0.717) is 0 Å². The molecule has 1 unspecified atom stereocenters. The molecule has 0 aliphatic heterocycles. The van der Waals surface area contributed by atoms with Crippen molar-refractivity contribution in [3.05, 3.63) is 23.8 Å². The fraction of sp³-hybridized carbons (Fsp3) is 0.583. The summed E-state index contributed by atoms with van der Waals surface area (Å²) in [5.41, 5.74) is 1.30. The molecule has 0 aromatic heterocycles. The van der Waals surface area contributed by atoms with Gasteiger partial charge < -0.3 is 10.1 Å². The maximum absolute atomic E-state index is 10.6. The largest absolute Gasteiger partial charge is 0.311 e. The third kappa shape index (κ3) is 5.70. The van der Waals surface area contributed by atoms with Crippen LogP contribution in [-0.4, -0.2) is 19.4 Å². The fourth-order valence-corrected chi connectivity index (χ4v) is 1.20. The van der Waals surface area contributed by atoms with Crippen LogP contribution in [-0.2, 0) is 4.79 Å². The van der Waals surface area contributed by atoms with Crippen molar-refractivity contribution in [3.8, 4) is 0 Å². The van der Waals surface area contributed by atoms with Gasteiger partial charge in [-0.3, -0.25) is 0 Å². The highest BCUT2D eigenvalue weighted by atomic mass is 16.1. The minimum absolute atomic E-state index is 0.0139. The Morgan fingerprint density at radius 1 is 1.50 bits per heavy atom. The molecule has 0 fully saturated rings. The molecule has 0 aromatic carbocycles. The van der Waals surface area contributed by atoms with Crippen LogP contribution in [0.3, 0.4) is 0 Å². The summed E-state index contributed by atoms with van der Waals surface area (Å²) in [5, 5.41) is 2.97. The second kappa shape index (κ2) is 8.70. The number of hydrogen-bond donors (Lipinski definition) is 1. The average molecular weight is 195 g/mol. The number of allylic oxidation sites excluding steroid dienone is 4. The van der Waals surface area contributed by atoms with E-state index < -0.39 is 0 Å². The zero-order valence-corrected chi connectivity index (χ0v) is 9.42. The van der Waals surface area contributed by atoms with Gasteiger partial charge in [0.25, 0.3) is 0 Å². The average Bonchev–Trinajstić information content (AvgIpc) is 2.23. The summed E-state index contributed by atoms with van der Waals surface area (Å²) in [6.45, 7) is 4.15. The molecular weight excluding hydrogens is 174 g/mol. The zero-order valence-electron chi connectivity index (χ0n) is 9.42. The summed E-state index contributed by atoms with van der Waals surface area (Å²) in [5.74, 6) is 0. The van der Waals surface area contributed by atoms with Gasteiger partial charge in [-0.15, -0.1) is 0 Å². The van der Waals surface area contributed by atoms with Gasteiger partial charge in [0, 0.05) is 0 Å². The SMILES string of the molecule is C/C=C(\C=C/CC)CCC(C=O)NC. The standard InChI is InChI=1S/C12H21NO/c1-4-6-7-11(5-2)8-9-12(10-14)13-3/h5-7,10,12-13H,4,8-9H2,1-3H3/b7-6-,11-5+. The van der Waals surface area contributed by atoms with Crippen LogP contribution < -0.4 is 5.32 Å². The lowest BCUT2D eigenvalue weighted by molar-refractivity contribution is -0.109. The minimum atomic E-state index is -0.0139. The number of rotatable bonds is 7. The first-order chi connectivity index (χ1) is 6.78. The molecule has 0 heterocycles. The van der Waals surface area contributed by atoms with Gasteiger partial charge in [-0.05, 0) is 33.2 Å². The second-order valence-electron chi connectivity index (χ2n) is 3.24. The van der Waals surface area contributed by atoms with Crippen molar-refractivity contribution in [2.24, 2.45) is 0 Å². The molecule has 0 rings (SSSR count). The Morgan fingerprint density at radius 2 is 2.21 bits per heavy atom. The Morgan fingerprint density at radius 3 is 2.64 bits per heavy atom. The first kappa shape index (κ1) is 13.1. The van der Waals surface area contributed by atoms with Gasteiger partial charge >= 0.3 is 0 Å². The lowest BCUT2D eigenvalue weighted by atomic mass is 10.1. The molecule has 80 valence electrons. The van der Waals surface area contributed by atoms with E-state index in [4.69, 9.17) is 0 Å². The molecule has 2 heteroatoms. The summed E-state index contributed by atoms with van der Waals surface area (Å²) >= 11 is 0. The molecule has 1 atom stereocenters. The molecule has 14 heavy (non-hydrogen) atoms. The molecule has 0 spiro atoms. The van der Waals surface area contributed by atoms with E-state index >= 15 is 0 Å². The molecule has 0 amide bonds. The van der Waals surface area contributed by atoms with Gasteiger partial charge in [0.2, 0.25) is 0 Å². The predicted octanol–water partition coefficient (Wildman–Crippen LogP) is 2.47. The third-order valence-corrected chi connectivity index (χ3v) is 2.22. The molecule has 2 nitrogen and oxygen atoms in total. The first-order valence-corrected chi connectivity index (χ1v) is 5.22. The maximum atomic E-state index is 10.6. The van der Waals surface area contributed by atoms with Crippen LogP contribution in [0.15, 0.2) is 23.8 Å². The molecule has 0 aliphatic rings. The lowest BCUT2D eigenvalue weighted by Crippen LogP contribution is -2.26. The van der Waals surface area contributed by atoms with Crippen molar-refractivity contribution in [1.29, 1.82) is 0 Å². The summed E-state index contributed by atoms with van der Waals surface area (Å²) in [6.07, 6.45) is 10.2. The van der Waals surface area contributed by atoms with E-state index in [-0.39, 0.29) is 6.04 Å². The second-order valence-corrected chi connectivity index (χ2v) is 3.24. The first-order valence-electron chi connectivity index (χ1n) is 5.22. The van der Waals surface area contributed by atoms with Crippen LogP contribution in [0.25, 0.3) is 0 Å². The van der Waals surface area contributed by atoms with Gasteiger partial charge in [-0.2, -0.15) is 0 Å². The van der Waals surface area contributed by atoms with Gasteiger partial charge in [0.15, 0.2) is 0 Å². The number of nitrogens with one attached hydrogen (secondary N) is 1. The van der Waals surface area contributed by atoms with E-state index in [1.807, 2.05) is 14.0 Å². The highest BCUT2D eigenvalue weighted by Crippen LogP contribution is 2.08. The molecule has 0 saturated carbocycles. The van der Waals surface area contributed by atoms with Crippen LogP contribution in [0.5, 0.6) is 0 Å². The number of carbonyl (C=O) groups excluding carboxylic acids is 1. The number of carbonyl (C=O) groups is 1. The molecule has 0 aliphatic carbocycles. The Bertz CT molecular complexity index is 206. The Hall–Kier alpha value is -0.890. The van der Waals surface area contributed by atoms with Crippen LogP contribution in [0, 0.1) is 0 Å². The van der Waals surface area contributed by atoms with Crippen LogP contribution in [0.1, 0.15) is 33.1 Å². The predicted molar refractivity (Wildman–Crippen MR) is 61.3 cm³/mol. The van der Waals surface area contributed by atoms with Crippen molar-refractivity contribution < 1.29 is 4.79 Å². The van der Waals surface area contributed by atoms with Gasteiger partial charge in [0.1, 0.15) is 6.29 Å². The van der Waals surface area contributed by atoms with E-state index in [1.54, 1.807) is 0 Å². The molecule has 1 N–H and O–H groups in total. The Balaban J connectivity index is 3.95. The fourth-order valence-electron chi connectivity index (χ4n) is 1.20. The number of hydrogen-bond acceptors (Lipinski definition) is 2. The highest BCUT2D eigenvalue weighted by Gasteiger charge is 2.03. The number of aldehydes is 1. The topological polar surface area (TPSA) is 29.1 Å². The van der Waals surface area contributed by atoms with Crippen LogP contribution in [0.4, 0.5) is 0 Å². The van der Waals surface area contributed by atoms with Crippen molar-refractivity contribution in [3.63, 3.8) is 0 Å². The number of likely N-dealkylation sites (N-methyl/N-ethyl adjacent to an activating group) is 1. The third-order valence-electron chi connectivity index (χ3n) is 2.22. The highest BCUT2D eigenvalue weighted by molar-refractivity contribution is 5.57. The zero-order chi connectivity index (χ0) is 10.8. The molecule has 0 aromatic rings. The van der Waals surface area contributed by atoms with Crippen molar-refractivity contribution in [1.82, 2.24) is 5.32 Å². The van der Waals surface area contributed by atoms with Gasteiger partial charge in [0.05, 0.1) is 6.04 Å². The monoisotopic (exact) mass is 195 g/mol. The van der Waals surface area contributed by atoms with Crippen molar-refractivity contribution in [2.45, 2.75) is 39.2 Å². The maximum Gasteiger partial charge on any atom is 0.136 e. The van der Waals surface area contributed by atoms with E-state index in [9.17, 15) is 4.79 Å². The quantitative estimate of drug-likeness (QED) is 0.499. The summed E-state index contributed by atoms with van der Waals surface area (Å²) in [6, 6.07) is -0.0139. The minimum Gasteiger partial charge on any atom is -0.311 e. The molecule has 0 radical (unpaired) electrons. The summed E-state index contributed by atoms with van der Waals surface area (Å²) in [7, 11) is 1.82. The Labute approximate surface area is 87.1 Å². The van der Waals surface area contributed by atoms with Gasteiger partial charge in [-0.1, -0.05) is 30.7 Å². The van der Waals surface area contributed by atoms with E-state index in [2.05, 4.69) is 30.5 Å². The Kier molecular flexibility index (Phi) is 8.14. The molecular formula is C12H21NO. The van der Waals surface area contributed by atoms with Crippen molar-refractivity contribution >= 4 is 6.29 Å². The van der Waals surface area contributed by atoms with Crippen molar-refractivity contribution in [2.75, 3.05) is 7.05 Å². The van der Waals surface area contributed by atoms with Crippen LogP contribution in [0.2, 0.25) is 0 Å². The normalized spacial score (nSPS) is 14.6. The van der Waals surface area contributed by atoms with E-state index in [1.165, 1.54) is 5.57 Å². The van der Waals surface area contributed by atoms with Crippen LogP contribution >= 0.6 is 0 Å². The lowest BCUT2D eigenvalue weighted by Gasteiger charge is -2.08. The van der Waals surface area contributed by atoms with E-state index in [0.717, 1.165) is 25.5 Å². The summed E-state index contributed by atoms with van der Waals surface area (Å²) in [4.78, 5) is 10.6. The smallest absolute Gasteiger partial charge is 0.136 e. The molecule has 0 saturated heterocycles. The van der Waals surface area contributed by atoms with Gasteiger partial charge in [-0.25, -0.2) is 0 Å². The summed E-state index contributed by atoms with van der Waals surface area (Å²) < 4.78 is 0.